The maximum Gasteiger partial charge on any atom is 0.313 e. The lowest BCUT2D eigenvalue weighted by Crippen LogP contribution is -1.92. The molecule has 0 unspecified atom stereocenters. The largest absolute Gasteiger partial charge is 0.481 e. The first kappa shape index (κ1) is 12.9. The Morgan fingerprint density at radius 1 is 1.27 bits per heavy atom. The van der Waals surface area contributed by atoms with Crippen molar-refractivity contribution >= 4 is 24.6 Å². The van der Waals surface area contributed by atoms with Crippen LogP contribution in [0.4, 0.5) is 0 Å². The molecule has 0 aromatic rings. The molecule has 0 aliphatic rings. The van der Waals surface area contributed by atoms with E-state index in [1.54, 1.807) is 0 Å². The van der Waals surface area contributed by atoms with Gasteiger partial charge in [-0.1, -0.05) is 6.92 Å². The monoisotopic (exact) mass is 180 g/mol. The van der Waals surface area contributed by atoms with Crippen LogP contribution in [0.3, 0.4) is 0 Å². The zero-order chi connectivity index (χ0) is 9.28. The summed E-state index contributed by atoms with van der Waals surface area (Å²) in [6.45, 7) is 1.84. The fraction of sp³-hybridized carbons (Fsp3) is 0.667. The van der Waals surface area contributed by atoms with E-state index in [4.69, 9.17) is 10.2 Å². The van der Waals surface area contributed by atoms with Crippen LogP contribution in [0, 0.1) is 0 Å². The van der Waals surface area contributed by atoms with Crippen LogP contribution < -0.4 is 0 Å². The third kappa shape index (κ3) is 26.8. The van der Waals surface area contributed by atoms with Crippen molar-refractivity contribution < 1.29 is 19.8 Å². The molecule has 0 aromatic heterocycles. The highest BCUT2D eigenvalue weighted by Crippen LogP contribution is 1.82. The minimum absolute atomic E-state index is 0.0833. The second-order valence-electron chi connectivity index (χ2n) is 1.70. The molecule has 0 amide bonds. The maximum atomic E-state index is 9.60. The fourth-order valence-electron chi connectivity index (χ4n) is 0.214. The number of hydrogen-bond acceptors (Lipinski definition) is 3. The van der Waals surface area contributed by atoms with Crippen molar-refractivity contribution in [3.8, 4) is 0 Å². The summed E-state index contributed by atoms with van der Waals surface area (Å²) in [4.78, 5) is 18.9. The van der Waals surface area contributed by atoms with Gasteiger partial charge in [0.1, 0.15) is 0 Å². The van der Waals surface area contributed by atoms with E-state index in [9.17, 15) is 9.59 Å². The zero-order valence-electron chi connectivity index (χ0n) is 6.28. The van der Waals surface area contributed by atoms with Crippen molar-refractivity contribution in [2.75, 3.05) is 5.75 Å². The number of carboxylic acid groups (broad SMARTS) is 2. The minimum atomic E-state index is -0.881. The Kier molecular flexibility index (Phi) is 10.9. The molecule has 0 rings (SSSR count). The van der Waals surface area contributed by atoms with E-state index in [0.717, 1.165) is 6.42 Å². The van der Waals surface area contributed by atoms with Crippen molar-refractivity contribution in [2.24, 2.45) is 0 Å². The van der Waals surface area contributed by atoms with Gasteiger partial charge in [-0.2, -0.15) is 12.6 Å². The molecule has 66 valence electrons. The van der Waals surface area contributed by atoms with Crippen molar-refractivity contribution in [1.29, 1.82) is 0 Å². The van der Waals surface area contributed by atoms with Gasteiger partial charge < -0.3 is 10.2 Å². The van der Waals surface area contributed by atoms with Crippen LogP contribution in [-0.4, -0.2) is 27.9 Å². The number of carboxylic acids is 2. The fourth-order valence-corrected chi connectivity index (χ4v) is 0.214. The van der Waals surface area contributed by atoms with E-state index in [1.807, 2.05) is 6.92 Å². The molecule has 0 saturated carbocycles. The third-order valence-corrected chi connectivity index (χ3v) is 0.870. The van der Waals surface area contributed by atoms with Gasteiger partial charge in [0.2, 0.25) is 0 Å². The predicted molar refractivity (Wildman–Crippen MR) is 44.0 cm³/mol. The number of aliphatic carboxylic acids is 2. The standard InChI is InChI=1S/C4H8O2.C2H4O2S/c1-2-3-4(5)6;3-2(4)1-5/h2-3H2,1H3,(H,5,6);5H,1H2,(H,3,4). The first-order valence-electron chi connectivity index (χ1n) is 3.09. The molecule has 0 fully saturated rings. The topological polar surface area (TPSA) is 74.6 Å². The van der Waals surface area contributed by atoms with Gasteiger partial charge in [0.05, 0.1) is 5.75 Å². The summed E-state index contributed by atoms with van der Waals surface area (Å²) in [6.07, 6.45) is 1.02. The number of rotatable bonds is 3. The van der Waals surface area contributed by atoms with Crippen molar-refractivity contribution in [2.45, 2.75) is 19.8 Å². The van der Waals surface area contributed by atoms with Gasteiger partial charge in [-0.05, 0) is 6.42 Å². The lowest BCUT2D eigenvalue weighted by atomic mass is 10.4. The van der Waals surface area contributed by atoms with E-state index >= 15 is 0 Å². The van der Waals surface area contributed by atoms with Gasteiger partial charge in [-0.3, -0.25) is 9.59 Å². The molecule has 0 spiro atoms. The summed E-state index contributed by atoms with van der Waals surface area (Å²) in [5, 5.41) is 15.6. The van der Waals surface area contributed by atoms with Crippen molar-refractivity contribution in [3.05, 3.63) is 0 Å². The summed E-state index contributed by atoms with van der Waals surface area (Å²) in [5.41, 5.74) is 0. The molecule has 0 bridgehead atoms. The first-order valence-corrected chi connectivity index (χ1v) is 3.72. The summed E-state index contributed by atoms with van der Waals surface area (Å²) >= 11 is 3.42. The van der Waals surface area contributed by atoms with Gasteiger partial charge in [0, 0.05) is 6.42 Å². The maximum absolute atomic E-state index is 9.60. The second-order valence-corrected chi connectivity index (χ2v) is 2.01. The molecule has 0 heterocycles. The van der Waals surface area contributed by atoms with Crippen LogP contribution in [0.15, 0.2) is 0 Å². The first-order chi connectivity index (χ1) is 5.04. The van der Waals surface area contributed by atoms with Crippen molar-refractivity contribution in [3.63, 3.8) is 0 Å². The Morgan fingerprint density at radius 2 is 1.64 bits per heavy atom. The Morgan fingerprint density at radius 3 is 1.64 bits per heavy atom. The van der Waals surface area contributed by atoms with E-state index < -0.39 is 11.9 Å². The molecule has 4 nitrogen and oxygen atoms in total. The molecule has 5 heteroatoms. The number of hydrogen-bond donors (Lipinski definition) is 3. The van der Waals surface area contributed by atoms with Crippen molar-refractivity contribution in [1.82, 2.24) is 0 Å². The highest BCUT2D eigenvalue weighted by molar-refractivity contribution is 7.81. The van der Waals surface area contributed by atoms with Gasteiger partial charge >= 0.3 is 11.9 Å². The van der Waals surface area contributed by atoms with E-state index in [1.165, 1.54) is 0 Å². The normalized spacial score (nSPS) is 7.82. The minimum Gasteiger partial charge on any atom is -0.481 e. The molecule has 0 aromatic carbocycles. The number of carbonyl (C=O) groups is 2. The van der Waals surface area contributed by atoms with Crippen LogP contribution in [0.1, 0.15) is 19.8 Å². The van der Waals surface area contributed by atoms with Gasteiger partial charge in [-0.15, -0.1) is 0 Å². The van der Waals surface area contributed by atoms with Crippen LogP contribution >= 0.6 is 12.6 Å². The molecule has 0 saturated heterocycles. The highest BCUT2D eigenvalue weighted by Gasteiger charge is 1.87. The van der Waals surface area contributed by atoms with E-state index in [-0.39, 0.29) is 5.75 Å². The Labute approximate surface area is 70.6 Å². The molecular formula is C6H12O4S. The van der Waals surface area contributed by atoms with Gasteiger partial charge in [0.25, 0.3) is 0 Å². The molecule has 0 aliphatic carbocycles. The lowest BCUT2D eigenvalue weighted by molar-refractivity contribution is -0.137. The predicted octanol–water partition coefficient (Wildman–Crippen LogP) is 0.872. The Bertz CT molecular complexity index is 124. The average molecular weight is 180 g/mol. The van der Waals surface area contributed by atoms with Gasteiger partial charge in [0.15, 0.2) is 0 Å². The molecule has 11 heavy (non-hydrogen) atoms. The summed E-state index contributed by atoms with van der Waals surface area (Å²) in [7, 11) is 0. The highest BCUT2D eigenvalue weighted by atomic mass is 32.1. The summed E-state index contributed by atoms with van der Waals surface area (Å²) in [6, 6.07) is 0. The molecule has 2 N–H and O–H groups in total. The molecule has 0 atom stereocenters. The van der Waals surface area contributed by atoms with Crippen LogP contribution in [0.5, 0.6) is 0 Å². The van der Waals surface area contributed by atoms with Crippen LogP contribution in [0.25, 0.3) is 0 Å². The quantitative estimate of drug-likeness (QED) is 0.563. The Hall–Kier alpha value is -0.710. The Balaban J connectivity index is 0. The summed E-state index contributed by atoms with van der Waals surface area (Å²) in [5.74, 6) is -1.68. The SMILES string of the molecule is CCCC(=O)O.O=C(O)CS. The lowest BCUT2D eigenvalue weighted by Gasteiger charge is -1.79. The molecule has 0 radical (unpaired) electrons. The zero-order valence-corrected chi connectivity index (χ0v) is 7.17. The summed E-state index contributed by atoms with van der Waals surface area (Å²) < 4.78 is 0. The molecular weight excluding hydrogens is 168 g/mol. The molecule has 0 aliphatic heterocycles. The number of thiol groups is 1. The van der Waals surface area contributed by atoms with E-state index in [2.05, 4.69) is 12.6 Å². The average Bonchev–Trinajstić information content (AvgIpc) is 1.89. The van der Waals surface area contributed by atoms with Crippen LogP contribution in [0.2, 0.25) is 0 Å². The third-order valence-electron chi connectivity index (χ3n) is 0.599. The smallest absolute Gasteiger partial charge is 0.313 e. The van der Waals surface area contributed by atoms with Gasteiger partial charge in [-0.25, -0.2) is 0 Å². The van der Waals surface area contributed by atoms with E-state index in [0.29, 0.717) is 6.42 Å². The second kappa shape index (κ2) is 9.29. The van der Waals surface area contributed by atoms with Crippen LogP contribution in [-0.2, 0) is 9.59 Å².